The second kappa shape index (κ2) is 4.19. The summed E-state index contributed by atoms with van der Waals surface area (Å²) < 4.78 is 0. The summed E-state index contributed by atoms with van der Waals surface area (Å²) in [5.74, 6) is 1.15. The normalized spacial score (nSPS) is 17.7. The molecular weight excluding hydrogens is 188 g/mol. The predicted molar refractivity (Wildman–Crippen MR) is 60.4 cm³/mol. The van der Waals surface area contributed by atoms with Gasteiger partial charge in [0.25, 0.3) is 0 Å². The van der Waals surface area contributed by atoms with Crippen molar-refractivity contribution in [2.75, 3.05) is 5.73 Å². The van der Waals surface area contributed by atoms with Crippen LogP contribution in [0.2, 0.25) is 0 Å². The molecule has 15 heavy (non-hydrogen) atoms. The number of hydrogen-bond acceptors (Lipinski definition) is 3. The molecule has 3 heteroatoms. The van der Waals surface area contributed by atoms with Gasteiger partial charge < -0.3 is 10.8 Å². The number of nitrogen functional groups attached to an aromatic ring is 1. The van der Waals surface area contributed by atoms with Crippen LogP contribution in [-0.2, 0) is 6.42 Å². The van der Waals surface area contributed by atoms with Gasteiger partial charge in [-0.1, -0.05) is 0 Å². The maximum Gasteiger partial charge on any atom is 0.126 e. The molecular formula is C12H18N2O. The van der Waals surface area contributed by atoms with E-state index < -0.39 is 0 Å². The van der Waals surface area contributed by atoms with E-state index in [9.17, 15) is 5.11 Å². The summed E-state index contributed by atoms with van der Waals surface area (Å²) in [6.45, 7) is 2.04. The largest absolute Gasteiger partial charge is 0.393 e. The molecule has 1 aliphatic carbocycles. The molecule has 1 heterocycles. The maximum atomic E-state index is 9.77. The van der Waals surface area contributed by atoms with Crippen LogP contribution in [0.3, 0.4) is 0 Å². The molecule has 1 aliphatic rings. The van der Waals surface area contributed by atoms with E-state index >= 15 is 0 Å². The molecule has 2 rings (SSSR count). The van der Waals surface area contributed by atoms with Crippen molar-refractivity contribution in [1.82, 2.24) is 4.98 Å². The van der Waals surface area contributed by atoms with E-state index in [1.165, 1.54) is 18.4 Å². The minimum absolute atomic E-state index is 0.149. The van der Waals surface area contributed by atoms with Gasteiger partial charge >= 0.3 is 0 Å². The highest BCUT2D eigenvalue weighted by atomic mass is 16.3. The van der Waals surface area contributed by atoms with Crippen LogP contribution >= 0.6 is 0 Å². The lowest BCUT2D eigenvalue weighted by Crippen LogP contribution is -2.11. The lowest BCUT2D eigenvalue weighted by atomic mass is 10.0. The molecule has 0 aliphatic heterocycles. The van der Waals surface area contributed by atoms with Crippen LogP contribution in [0.25, 0.3) is 0 Å². The average molecular weight is 206 g/mol. The number of anilines is 1. The van der Waals surface area contributed by atoms with Crippen LogP contribution in [0.1, 0.15) is 30.4 Å². The molecule has 0 radical (unpaired) electrons. The number of aryl methyl sites for hydroxylation is 1. The fraction of sp³-hybridized carbons (Fsp3) is 0.583. The van der Waals surface area contributed by atoms with Gasteiger partial charge in [0.1, 0.15) is 5.82 Å². The van der Waals surface area contributed by atoms with Gasteiger partial charge in [-0.15, -0.1) is 0 Å². The quantitative estimate of drug-likeness (QED) is 0.788. The van der Waals surface area contributed by atoms with E-state index in [2.05, 4.69) is 4.98 Å². The lowest BCUT2D eigenvalue weighted by Gasteiger charge is -2.11. The second-order valence-corrected chi connectivity index (χ2v) is 4.44. The summed E-state index contributed by atoms with van der Waals surface area (Å²) in [4.78, 5) is 4.07. The van der Waals surface area contributed by atoms with Gasteiger partial charge in [-0.05, 0) is 55.7 Å². The number of rotatable bonds is 4. The topological polar surface area (TPSA) is 59.1 Å². The van der Waals surface area contributed by atoms with Crippen molar-refractivity contribution >= 4 is 5.82 Å². The SMILES string of the molecule is Cc1ccnc(N)c1CCC(O)C1CC1. The highest BCUT2D eigenvalue weighted by Crippen LogP contribution is 2.34. The summed E-state index contributed by atoms with van der Waals surface area (Å²) in [7, 11) is 0. The van der Waals surface area contributed by atoms with Crippen molar-refractivity contribution < 1.29 is 5.11 Å². The molecule has 1 saturated carbocycles. The summed E-state index contributed by atoms with van der Waals surface area (Å²) in [5.41, 5.74) is 8.07. The van der Waals surface area contributed by atoms with E-state index in [0.29, 0.717) is 11.7 Å². The number of pyridine rings is 1. The molecule has 1 fully saturated rings. The van der Waals surface area contributed by atoms with Gasteiger partial charge in [-0.3, -0.25) is 0 Å². The molecule has 3 nitrogen and oxygen atoms in total. The predicted octanol–water partition coefficient (Wildman–Crippen LogP) is 1.68. The van der Waals surface area contributed by atoms with E-state index in [0.717, 1.165) is 18.4 Å². The van der Waals surface area contributed by atoms with Crippen molar-refractivity contribution in [1.29, 1.82) is 0 Å². The minimum atomic E-state index is -0.149. The zero-order chi connectivity index (χ0) is 10.8. The number of hydrogen-bond donors (Lipinski definition) is 2. The lowest BCUT2D eigenvalue weighted by molar-refractivity contribution is 0.142. The van der Waals surface area contributed by atoms with E-state index in [-0.39, 0.29) is 6.10 Å². The first-order valence-corrected chi connectivity index (χ1v) is 5.56. The molecule has 0 bridgehead atoms. The van der Waals surface area contributed by atoms with Crippen molar-refractivity contribution in [2.24, 2.45) is 5.92 Å². The molecule has 0 spiro atoms. The van der Waals surface area contributed by atoms with Gasteiger partial charge in [-0.25, -0.2) is 4.98 Å². The Labute approximate surface area is 90.3 Å². The summed E-state index contributed by atoms with van der Waals surface area (Å²) >= 11 is 0. The molecule has 1 aromatic rings. The smallest absolute Gasteiger partial charge is 0.126 e. The first kappa shape index (κ1) is 10.4. The zero-order valence-electron chi connectivity index (χ0n) is 9.11. The third-order valence-electron chi connectivity index (χ3n) is 3.18. The van der Waals surface area contributed by atoms with Crippen LogP contribution in [-0.4, -0.2) is 16.2 Å². The highest BCUT2D eigenvalue weighted by Gasteiger charge is 2.29. The van der Waals surface area contributed by atoms with Crippen LogP contribution in [0, 0.1) is 12.8 Å². The number of nitrogens with zero attached hydrogens (tertiary/aromatic N) is 1. The van der Waals surface area contributed by atoms with Crippen molar-refractivity contribution in [2.45, 2.75) is 38.7 Å². The zero-order valence-corrected chi connectivity index (χ0v) is 9.11. The first-order chi connectivity index (χ1) is 7.18. The Morgan fingerprint density at radius 3 is 2.93 bits per heavy atom. The second-order valence-electron chi connectivity index (χ2n) is 4.44. The Balaban J connectivity index is 1.97. The summed E-state index contributed by atoms with van der Waals surface area (Å²) in [6, 6.07) is 1.97. The van der Waals surface area contributed by atoms with Crippen LogP contribution < -0.4 is 5.73 Å². The first-order valence-electron chi connectivity index (χ1n) is 5.56. The maximum absolute atomic E-state index is 9.77. The Morgan fingerprint density at radius 2 is 2.33 bits per heavy atom. The molecule has 82 valence electrons. The Bertz CT molecular complexity index is 327. The number of aliphatic hydroxyl groups excluding tert-OH is 1. The standard InChI is InChI=1S/C12H18N2O/c1-8-6-7-14-12(13)10(8)4-5-11(15)9-2-3-9/h6-7,9,11,15H,2-5H2,1H3,(H2,13,14). The van der Waals surface area contributed by atoms with Crippen LogP contribution in [0.5, 0.6) is 0 Å². The van der Waals surface area contributed by atoms with Crippen molar-refractivity contribution in [3.05, 3.63) is 23.4 Å². The molecule has 0 amide bonds. The van der Waals surface area contributed by atoms with Gasteiger partial charge in [-0.2, -0.15) is 0 Å². The van der Waals surface area contributed by atoms with E-state index in [1.54, 1.807) is 6.20 Å². The number of aromatic nitrogens is 1. The summed E-state index contributed by atoms with van der Waals surface area (Å²) in [5, 5.41) is 9.77. The van der Waals surface area contributed by atoms with Crippen molar-refractivity contribution in [3.8, 4) is 0 Å². The molecule has 3 N–H and O–H groups in total. The fourth-order valence-corrected chi connectivity index (χ4v) is 1.94. The third-order valence-corrected chi connectivity index (χ3v) is 3.18. The molecule has 1 unspecified atom stereocenters. The fourth-order valence-electron chi connectivity index (χ4n) is 1.94. The number of aliphatic hydroxyl groups is 1. The van der Waals surface area contributed by atoms with Gasteiger partial charge in [0.2, 0.25) is 0 Å². The molecule has 0 saturated heterocycles. The van der Waals surface area contributed by atoms with Crippen LogP contribution in [0.15, 0.2) is 12.3 Å². The highest BCUT2D eigenvalue weighted by molar-refractivity contribution is 5.43. The molecule has 0 aromatic carbocycles. The van der Waals surface area contributed by atoms with Gasteiger partial charge in [0.15, 0.2) is 0 Å². The summed E-state index contributed by atoms with van der Waals surface area (Å²) in [6.07, 6.45) is 5.59. The Kier molecular flexibility index (Phi) is 2.91. The third kappa shape index (κ3) is 2.48. The number of nitrogens with two attached hydrogens (primary N) is 1. The average Bonchev–Trinajstić information content (AvgIpc) is 2.99. The van der Waals surface area contributed by atoms with Crippen LogP contribution in [0.4, 0.5) is 5.82 Å². The van der Waals surface area contributed by atoms with Gasteiger partial charge in [0, 0.05) is 6.20 Å². The van der Waals surface area contributed by atoms with E-state index in [1.807, 2.05) is 13.0 Å². The van der Waals surface area contributed by atoms with Crippen molar-refractivity contribution in [3.63, 3.8) is 0 Å². The Morgan fingerprint density at radius 1 is 1.60 bits per heavy atom. The van der Waals surface area contributed by atoms with Gasteiger partial charge in [0.05, 0.1) is 6.10 Å². The Hall–Kier alpha value is -1.09. The monoisotopic (exact) mass is 206 g/mol. The van der Waals surface area contributed by atoms with E-state index in [4.69, 9.17) is 5.73 Å². The minimum Gasteiger partial charge on any atom is -0.393 e. The molecule has 1 atom stereocenters. The molecule has 1 aromatic heterocycles.